The first-order valence-electron chi connectivity index (χ1n) is 9.73. The molecule has 0 heterocycles. The van der Waals surface area contributed by atoms with E-state index in [1.165, 1.54) is 30.0 Å². The molecule has 1 aliphatic rings. The van der Waals surface area contributed by atoms with Crippen LogP contribution in [0, 0.1) is 0 Å². The van der Waals surface area contributed by atoms with Crippen LogP contribution in [0.15, 0.2) is 41.3 Å². The van der Waals surface area contributed by atoms with Crippen LogP contribution >= 0.6 is 27.7 Å². The highest BCUT2D eigenvalue weighted by Crippen LogP contribution is 2.46. The van der Waals surface area contributed by atoms with Gasteiger partial charge >= 0.3 is 5.97 Å². The Kier molecular flexibility index (Phi) is 6.30. The minimum absolute atomic E-state index is 0.0139. The van der Waals surface area contributed by atoms with E-state index in [1.807, 2.05) is 12.1 Å². The summed E-state index contributed by atoms with van der Waals surface area (Å²) in [6.45, 7) is 9.08. The Morgan fingerprint density at radius 3 is 2.21 bits per heavy atom. The van der Waals surface area contributed by atoms with Crippen molar-refractivity contribution < 1.29 is 14.3 Å². The van der Waals surface area contributed by atoms with Crippen LogP contribution in [0.5, 0.6) is 0 Å². The summed E-state index contributed by atoms with van der Waals surface area (Å²) in [6, 6.07) is 11.5. The van der Waals surface area contributed by atoms with Crippen molar-refractivity contribution in [2.24, 2.45) is 0 Å². The zero-order valence-electron chi connectivity index (χ0n) is 17.6. The van der Waals surface area contributed by atoms with Crippen LogP contribution < -0.4 is 0 Å². The zero-order valence-corrected chi connectivity index (χ0v) is 20.0. The smallest absolute Gasteiger partial charge is 0.337 e. The Morgan fingerprint density at radius 1 is 0.966 bits per heavy atom. The van der Waals surface area contributed by atoms with Gasteiger partial charge in [0.05, 0.1) is 12.7 Å². The number of esters is 1. The van der Waals surface area contributed by atoms with Crippen molar-refractivity contribution in [2.45, 2.75) is 61.6 Å². The second kappa shape index (κ2) is 8.27. The first kappa shape index (κ1) is 22.1. The number of benzene rings is 2. The Morgan fingerprint density at radius 2 is 1.59 bits per heavy atom. The molecule has 0 unspecified atom stereocenters. The third-order valence-electron chi connectivity index (χ3n) is 5.92. The number of thioether (sulfide) groups is 1. The fourth-order valence-corrected chi connectivity index (χ4v) is 5.40. The third kappa shape index (κ3) is 4.46. The molecule has 29 heavy (non-hydrogen) atoms. The van der Waals surface area contributed by atoms with Gasteiger partial charge in [0.25, 0.3) is 0 Å². The molecule has 1 aliphatic carbocycles. The van der Waals surface area contributed by atoms with Crippen molar-refractivity contribution in [2.75, 3.05) is 7.11 Å². The number of rotatable bonds is 4. The lowest BCUT2D eigenvalue weighted by atomic mass is 9.63. The van der Waals surface area contributed by atoms with Crippen molar-refractivity contribution in [1.82, 2.24) is 0 Å². The van der Waals surface area contributed by atoms with E-state index in [4.69, 9.17) is 4.74 Å². The highest BCUT2D eigenvalue weighted by Gasteiger charge is 2.37. The number of fused-ring (bicyclic) bond motifs is 1. The van der Waals surface area contributed by atoms with Gasteiger partial charge in [-0.1, -0.05) is 55.8 Å². The summed E-state index contributed by atoms with van der Waals surface area (Å²) in [5.41, 5.74) is 4.92. The Bertz CT molecular complexity index is 963. The van der Waals surface area contributed by atoms with E-state index < -0.39 is 0 Å². The summed E-state index contributed by atoms with van der Waals surface area (Å²) in [7, 11) is 1.36. The first-order valence-corrected chi connectivity index (χ1v) is 11.7. The average Bonchev–Trinajstić information content (AvgIpc) is 2.70. The average molecular weight is 475 g/mol. The van der Waals surface area contributed by atoms with E-state index in [0.717, 1.165) is 28.9 Å². The van der Waals surface area contributed by atoms with Crippen molar-refractivity contribution in [3.63, 3.8) is 0 Å². The van der Waals surface area contributed by atoms with Gasteiger partial charge in [0, 0.05) is 15.8 Å². The maximum atomic E-state index is 13.1. The van der Waals surface area contributed by atoms with Crippen LogP contribution in [0.2, 0.25) is 0 Å². The van der Waals surface area contributed by atoms with Crippen LogP contribution in [-0.4, -0.2) is 18.2 Å². The van der Waals surface area contributed by atoms with E-state index in [1.54, 1.807) is 12.1 Å². The van der Waals surface area contributed by atoms with Crippen molar-refractivity contribution in [3.05, 3.63) is 64.2 Å². The van der Waals surface area contributed by atoms with Gasteiger partial charge in [-0.05, 0) is 76.4 Å². The molecule has 0 saturated heterocycles. The topological polar surface area (TPSA) is 43.4 Å². The maximum Gasteiger partial charge on any atom is 0.337 e. The minimum atomic E-state index is -0.380. The predicted octanol–water partition coefficient (Wildman–Crippen LogP) is 6.65. The van der Waals surface area contributed by atoms with Gasteiger partial charge in [-0.15, -0.1) is 0 Å². The van der Waals surface area contributed by atoms with E-state index >= 15 is 0 Å². The predicted molar refractivity (Wildman–Crippen MR) is 122 cm³/mol. The lowest BCUT2D eigenvalue weighted by molar-refractivity contribution is 0.0600. The van der Waals surface area contributed by atoms with Crippen LogP contribution in [0.25, 0.3) is 0 Å². The fraction of sp³-hybridized carbons (Fsp3) is 0.417. The number of carbonyl (C=O) groups is 2. The zero-order chi connectivity index (χ0) is 21.4. The summed E-state index contributed by atoms with van der Waals surface area (Å²) < 4.78 is 4.79. The number of methoxy groups -OCH3 is 1. The summed E-state index contributed by atoms with van der Waals surface area (Å²) >= 11 is 4.67. The fourth-order valence-electron chi connectivity index (χ4n) is 3.90. The summed E-state index contributed by atoms with van der Waals surface area (Å²) in [5.74, 6) is -0.380. The van der Waals surface area contributed by atoms with Crippen LogP contribution in [0.1, 0.15) is 77.9 Å². The van der Waals surface area contributed by atoms with Crippen molar-refractivity contribution >= 4 is 38.8 Å². The van der Waals surface area contributed by atoms with Crippen LogP contribution in [-0.2, 0) is 20.9 Å². The van der Waals surface area contributed by atoms with E-state index in [9.17, 15) is 9.59 Å². The first-order chi connectivity index (χ1) is 13.6. The molecular weight excluding hydrogens is 448 g/mol. The summed E-state index contributed by atoms with van der Waals surface area (Å²) in [4.78, 5) is 25.7. The molecule has 5 heteroatoms. The minimum Gasteiger partial charge on any atom is -0.465 e. The summed E-state index contributed by atoms with van der Waals surface area (Å²) in [5, 5.41) is 0.568. The second-order valence-electron chi connectivity index (χ2n) is 8.87. The molecule has 2 aromatic rings. The number of hydrogen-bond acceptors (Lipinski definition) is 4. The highest BCUT2D eigenvalue weighted by molar-refractivity contribution is 9.08. The molecule has 3 rings (SSSR count). The molecule has 154 valence electrons. The molecule has 0 atom stereocenters. The second-order valence-corrected chi connectivity index (χ2v) is 10.4. The van der Waals surface area contributed by atoms with Gasteiger partial charge < -0.3 is 4.74 Å². The van der Waals surface area contributed by atoms with Gasteiger partial charge in [-0.2, -0.15) is 0 Å². The van der Waals surface area contributed by atoms with E-state index in [-0.39, 0.29) is 21.9 Å². The largest absolute Gasteiger partial charge is 0.465 e. The van der Waals surface area contributed by atoms with Gasteiger partial charge in [0.2, 0.25) is 5.12 Å². The van der Waals surface area contributed by atoms with Gasteiger partial charge in [0.15, 0.2) is 0 Å². The number of carbonyl (C=O) groups excluding carboxylic acids is 2. The van der Waals surface area contributed by atoms with Crippen molar-refractivity contribution in [1.29, 1.82) is 0 Å². The molecule has 0 saturated carbocycles. The molecule has 0 fully saturated rings. The molecule has 3 nitrogen and oxygen atoms in total. The van der Waals surface area contributed by atoms with Crippen LogP contribution in [0.3, 0.4) is 0 Å². The quantitative estimate of drug-likeness (QED) is 0.282. The van der Waals surface area contributed by atoms with E-state index in [2.05, 4.69) is 55.8 Å². The van der Waals surface area contributed by atoms with E-state index in [0.29, 0.717) is 10.9 Å². The lowest BCUT2D eigenvalue weighted by Gasteiger charge is -2.42. The lowest BCUT2D eigenvalue weighted by Crippen LogP contribution is -2.34. The molecule has 0 aliphatic heterocycles. The standard InChI is InChI=1S/C24H27BrO3S/c1-23(2)10-11-24(3,4)19-13-16(6-8-18(19)23)22(27)29-20-9-7-15(21(26)28-5)12-17(20)14-25/h6-9,12-13H,10-11,14H2,1-5H3. The molecular formula is C24H27BrO3S. The maximum absolute atomic E-state index is 13.1. The van der Waals surface area contributed by atoms with Gasteiger partial charge in [-0.25, -0.2) is 4.79 Å². The van der Waals surface area contributed by atoms with Crippen molar-refractivity contribution in [3.8, 4) is 0 Å². The summed E-state index contributed by atoms with van der Waals surface area (Å²) in [6.07, 6.45) is 2.26. The molecule has 0 radical (unpaired) electrons. The van der Waals surface area contributed by atoms with Crippen LogP contribution in [0.4, 0.5) is 0 Å². The SMILES string of the molecule is COC(=O)c1ccc(SC(=O)c2ccc3c(c2)C(C)(C)CCC3(C)C)c(CBr)c1. The monoisotopic (exact) mass is 474 g/mol. The Hall–Kier alpha value is -1.59. The number of halogens is 1. The molecule has 0 bridgehead atoms. The van der Waals surface area contributed by atoms with Gasteiger partial charge in [-0.3, -0.25) is 4.79 Å². The number of alkyl halides is 1. The number of ether oxygens (including phenoxy) is 1. The normalized spacial score (nSPS) is 16.8. The third-order valence-corrected chi connectivity index (χ3v) is 7.56. The molecule has 0 spiro atoms. The Balaban J connectivity index is 1.92. The highest BCUT2D eigenvalue weighted by atomic mass is 79.9. The molecule has 0 aromatic heterocycles. The Labute approximate surface area is 185 Å². The van der Waals surface area contributed by atoms with Gasteiger partial charge in [0.1, 0.15) is 0 Å². The number of hydrogen-bond donors (Lipinski definition) is 0. The molecule has 0 N–H and O–H groups in total. The molecule has 2 aromatic carbocycles. The molecule has 0 amide bonds.